The topological polar surface area (TPSA) is 12.0 Å². The number of fused-ring (bicyclic) bond motifs is 2. The average molecular weight is 268 g/mol. The van der Waals surface area contributed by atoms with Crippen molar-refractivity contribution in [3.8, 4) is 0 Å². The maximum Gasteiger partial charge on any atom is 0.130 e. The highest BCUT2D eigenvalue weighted by atomic mass is 35.5. The van der Waals surface area contributed by atoms with Crippen molar-refractivity contribution in [3.63, 3.8) is 0 Å². The van der Waals surface area contributed by atoms with E-state index in [0.717, 1.165) is 0 Å². The zero-order valence-electron chi connectivity index (χ0n) is 10.3. The van der Waals surface area contributed by atoms with Gasteiger partial charge in [0.1, 0.15) is 5.82 Å². The fourth-order valence-electron chi connectivity index (χ4n) is 3.11. The van der Waals surface area contributed by atoms with Crippen molar-refractivity contribution in [2.24, 2.45) is 5.92 Å². The first-order valence-corrected chi connectivity index (χ1v) is 6.50. The van der Waals surface area contributed by atoms with Gasteiger partial charge in [-0.15, -0.1) is 12.4 Å². The Bertz CT molecular complexity index is 420. The lowest BCUT2D eigenvalue weighted by Gasteiger charge is -2.26. The van der Waals surface area contributed by atoms with E-state index in [9.17, 15) is 4.39 Å². The molecule has 0 aromatic heterocycles. The average Bonchev–Trinajstić information content (AvgIpc) is 2.68. The van der Waals surface area contributed by atoms with Gasteiger partial charge >= 0.3 is 0 Å². The molecule has 2 saturated heterocycles. The molecule has 2 bridgehead atoms. The summed E-state index contributed by atoms with van der Waals surface area (Å²) in [6, 6.07) is 8.37. The summed E-state index contributed by atoms with van der Waals surface area (Å²) in [5.41, 5.74) is 0.707. The number of nitrogens with one attached hydrogen (secondary N) is 1. The third-order valence-corrected chi connectivity index (χ3v) is 3.96. The van der Waals surface area contributed by atoms with Crippen LogP contribution in [0.5, 0.6) is 0 Å². The maximum atomic E-state index is 13.4. The van der Waals surface area contributed by atoms with Crippen LogP contribution in [0.3, 0.4) is 0 Å². The summed E-state index contributed by atoms with van der Waals surface area (Å²) in [5, 5.41) is 3.62. The molecule has 0 saturated carbocycles. The molecule has 18 heavy (non-hydrogen) atoms. The van der Waals surface area contributed by atoms with E-state index >= 15 is 0 Å². The molecular weight excluding hydrogens is 249 g/mol. The Morgan fingerprint density at radius 1 is 1.11 bits per heavy atom. The minimum atomic E-state index is -0.124. The van der Waals surface area contributed by atoms with Crippen LogP contribution in [0.4, 0.5) is 4.39 Å². The van der Waals surface area contributed by atoms with Gasteiger partial charge in [0.05, 0.1) is 0 Å². The lowest BCUT2D eigenvalue weighted by molar-refractivity contribution is 0.345. The molecule has 1 unspecified atom stereocenters. The molecule has 3 atom stereocenters. The molecule has 0 aliphatic carbocycles. The van der Waals surface area contributed by atoms with Gasteiger partial charge in [0.15, 0.2) is 0 Å². The van der Waals surface area contributed by atoms with Crippen LogP contribution in [-0.2, 0) is 0 Å². The van der Waals surface area contributed by atoms with Gasteiger partial charge in [0, 0.05) is 17.6 Å². The van der Waals surface area contributed by atoms with Crippen molar-refractivity contribution in [1.29, 1.82) is 0 Å². The molecule has 98 valence electrons. The van der Waals surface area contributed by atoms with Crippen molar-refractivity contribution in [3.05, 3.63) is 41.7 Å². The summed E-state index contributed by atoms with van der Waals surface area (Å²) >= 11 is 0. The fourth-order valence-corrected chi connectivity index (χ4v) is 3.11. The van der Waals surface area contributed by atoms with Crippen LogP contribution in [0.25, 0.3) is 6.08 Å². The predicted molar refractivity (Wildman–Crippen MR) is 75.4 cm³/mol. The van der Waals surface area contributed by atoms with Gasteiger partial charge in [-0.05, 0) is 37.7 Å². The van der Waals surface area contributed by atoms with Gasteiger partial charge < -0.3 is 5.32 Å². The van der Waals surface area contributed by atoms with Crippen LogP contribution in [0.1, 0.15) is 31.2 Å². The molecule has 1 nitrogen and oxygen atoms in total. The molecule has 0 amide bonds. The molecule has 3 rings (SSSR count). The molecular formula is C15H19ClFN. The maximum absolute atomic E-state index is 13.4. The van der Waals surface area contributed by atoms with Gasteiger partial charge in [0.2, 0.25) is 0 Å². The van der Waals surface area contributed by atoms with Crippen molar-refractivity contribution in [2.75, 3.05) is 0 Å². The lowest BCUT2D eigenvalue weighted by Crippen LogP contribution is -2.37. The quantitative estimate of drug-likeness (QED) is 0.860. The van der Waals surface area contributed by atoms with Gasteiger partial charge in [-0.3, -0.25) is 0 Å². The number of allylic oxidation sites excluding steroid dienone is 1. The summed E-state index contributed by atoms with van der Waals surface area (Å²) in [5.74, 6) is 0.494. The van der Waals surface area contributed by atoms with E-state index < -0.39 is 0 Å². The van der Waals surface area contributed by atoms with E-state index in [1.165, 1.54) is 31.7 Å². The first-order valence-electron chi connectivity index (χ1n) is 6.50. The molecule has 0 spiro atoms. The van der Waals surface area contributed by atoms with Crippen LogP contribution in [0.2, 0.25) is 0 Å². The highest BCUT2D eigenvalue weighted by Crippen LogP contribution is 2.31. The number of rotatable bonds is 2. The molecule has 1 aromatic rings. The first-order chi connectivity index (χ1) is 8.31. The van der Waals surface area contributed by atoms with E-state index in [1.54, 1.807) is 6.07 Å². The van der Waals surface area contributed by atoms with Gasteiger partial charge in [-0.2, -0.15) is 0 Å². The third kappa shape index (κ3) is 2.93. The second-order valence-electron chi connectivity index (χ2n) is 5.25. The Balaban J connectivity index is 0.00000120. The minimum Gasteiger partial charge on any atom is -0.311 e. The highest BCUT2D eigenvalue weighted by molar-refractivity contribution is 5.85. The summed E-state index contributed by atoms with van der Waals surface area (Å²) in [6.07, 6.45) is 9.20. The van der Waals surface area contributed by atoms with Crippen LogP contribution >= 0.6 is 12.4 Å². The molecule has 2 fully saturated rings. The van der Waals surface area contributed by atoms with E-state index in [0.29, 0.717) is 23.6 Å². The number of hydrogen-bond donors (Lipinski definition) is 1. The lowest BCUT2D eigenvalue weighted by atomic mass is 9.91. The van der Waals surface area contributed by atoms with Gasteiger partial charge in [-0.1, -0.05) is 30.4 Å². The summed E-state index contributed by atoms with van der Waals surface area (Å²) in [7, 11) is 0. The van der Waals surface area contributed by atoms with Crippen molar-refractivity contribution < 1.29 is 4.39 Å². The number of hydrogen-bond acceptors (Lipinski definition) is 1. The smallest absolute Gasteiger partial charge is 0.130 e. The third-order valence-electron chi connectivity index (χ3n) is 3.96. The van der Waals surface area contributed by atoms with Gasteiger partial charge in [0.25, 0.3) is 0 Å². The molecule has 0 radical (unpaired) electrons. The fraction of sp³-hybridized carbons (Fsp3) is 0.467. The summed E-state index contributed by atoms with van der Waals surface area (Å²) in [4.78, 5) is 0. The Labute approximate surface area is 114 Å². The SMILES string of the molecule is Cl.Fc1ccccc1/C=C/C1C[C@H]2CC[C@@H](C1)N2. The van der Waals surface area contributed by atoms with Crippen LogP contribution in [0, 0.1) is 11.7 Å². The second-order valence-corrected chi connectivity index (χ2v) is 5.25. The van der Waals surface area contributed by atoms with Crippen LogP contribution in [0.15, 0.2) is 30.3 Å². The standard InChI is InChI=1S/C15H18FN.ClH/c16-15-4-2-1-3-12(15)6-5-11-9-13-7-8-14(10-11)17-13;/h1-6,11,13-14,17H,7-10H2;1H/b6-5+;/t11?,13-,14+;. The molecule has 2 aliphatic rings. The minimum absolute atomic E-state index is 0. The number of piperidine rings is 1. The Hall–Kier alpha value is -0.860. The summed E-state index contributed by atoms with van der Waals surface area (Å²) in [6.45, 7) is 0. The predicted octanol–water partition coefficient (Wildman–Crippen LogP) is 3.79. The summed E-state index contributed by atoms with van der Waals surface area (Å²) < 4.78 is 13.4. The van der Waals surface area contributed by atoms with Crippen molar-refractivity contribution in [2.45, 2.75) is 37.8 Å². The molecule has 3 heteroatoms. The molecule has 2 aliphatic heterocycles. The van der Waals surface area contributed by atoms with Crippen molar-refractivity contribution >= 4 is 18.5 Å². The zero-order valence-corrected chi connectivity index (χ0v) is 11.1. The monoisotopic (exact) mass is 267 g/mol. The Kier molecular flexibility index (Phi) is 4.41. The number of halogens is 2. The van der Waals surface area contributed by atoms with Gasteiger partial charge in [-0.25, -0.2) is 4.39 Å². The molecule has 1 N–H and O–H groups in total. The Morgan fingerprint density at radius 2 is 1.78 bits per heavy atom. The highest BCUT2D eigenvalue weighted by Gasteiger charge is 2.32. The molecule has 2 heterocycles. The second kappa shape index (κ2) is 5.85. The van der Waals surface area contributed by atoms with E-state index in [2.05, 4.69) is 11.4 Å². The Morgan fingerprint density at radius 3 is 2.44 bits per heavy atom. The van der Waals surface area contributed by atoms with E-state index in [1.807, 2.05) is 18.2 Å². The zero-order chi connectivity index (χ0) is 11.7. The first kappa shape index (κ1) is 13.6. The number of benzene rings is 1. The van der Waals surface area contributed by atoms with E-state index in [4.69, 9.17) is 0 Å². The normalized spacial score (nSPS) is 30.4. The van der Waals surface area contributed by atoms with E-state index in [-0.39, 0.29) is 18.2 Å². The molecule has 1 aromatic carbocycles. The van der Waals surface area contributed by atoms with Crippen molar-refractivity contribution in [1.82, 2.24) is 5.32 Å². The van der Waals surface area contributed by atoms with Crippen LogP contribution in [-0.4, -0.2) is 12.1 Å². The van der Waals surface area contributed by atoms with Crippen LogP contribution < -0.4 is 5.32 Å². The largest absolute Gasteiger partial charge is 0.311 e.